The van der Waals surface area contributed by atoms with E-state index in [4.69, 9.17) is 0 Å². The van der Waals surface area contributed by atoms with Gasteiger partial charge in [0.05, 0.1) is 6.20 Å². The second-order valence-electron chi connectivity index (χ2n) is 5.51. The van der Waals surface area contributed by atoms with Crippen molar-refractivity contribution in [1.82, 2.24) is 19.1 Å². The van der Waals surface area contributed by atoms with Crippen molar-refractivity contribution in [2.45, 2.75) is 23.8 Å². The van der Waals surface area contributed by atoms with E-state index in [9.17, 15) is 12.8 Å². The van der Waals surface area contributed by atoms with Gasteiger partial charge in [-0.1, -0.05) is 0 Å². The minimum absolute atomic E-state index is 0.000233. The Morgan fingerprint density at radius 1 is 1.35 bits per heavy atom. The number of nitrogens with zero attached hydrogens (tertiary/aromatic N) is 4. The van der Waals surface area contributed by atoms with Crippen LogP contribution in [0.2, 0.25) is 0 Å². The van der Waals surface area contributed by atoms with Gasteiger partial charge in [-0.05, 0) is 25.0 Å². The number of sulfonamides is 1. The van der Waals surface area contributed by atoms with Crippen LogP contribution in [-0.2, 0) is 17.1 Å². The maximum atomic E-state index is 13.6. The highest BCUT2D eigenvalue weighted by molar-refractivity contribution is 7.89. The van der Waals surface area contributed by atoms with Gasteiger partial charge in [-0.15, -0.1) is 0 Å². The van der Waals surface area contributed by atoms with E-state index in [-0.39, 0.29) is 16.8 Å². The predicted octanol–water partition coefficient (Wildman–Crippen LogP) is 1.22. The molecule has 0 unspecified atom stereocenters. The van der Waals surface area contributed by atoms with E-state index in [0.29, 0.717) is 25.9 Å². The lowest BCUT2D eigenvalue weighted by atomic mass is 10.1. The number of aryl methyl sites for hydroxylation is 1. The van der Waals surface area contributed by atoms with Gasteiger partial charge in [0.1, 0.15) is 4.90 Å². The summed E-state index contributed by atoms with van der Waals surface area (Å²) in [5.41, 5.74) is 0. The molecule has 0 aliphatic carbocycles. The van der Waals surface area contributed by atoms with Gasteiger partial charge in [-0.3, -0.25) is 4.68 Å². The van der Waals surface area contributed by atoms with Gasteiger partial charge in [-0.2, -0.15) is 9.40 Å². The summed E-state index contributed by atoms with van der Waals surface area (Å²) in [6.45, 7) is 0.757. The Hall–Kier alpha value is -2.00. The van der Waals surface area contributed by atoms with Crippen LogP contribution >= 0.6 is 0 Å². The van der Waals surface area contributed by atoms with Crippen LogP contribution < -0.4 is 5.32 Å². The van der Waals surface area contributed by atoms with Crippen LogP contribution in [-0.4, -0.2) is 46.6 Å². The molecule has 9 heteroatoms. The molecule has 1 saturated heterocycles. The van der Waals surface area contributed by atoms with E-state index >= 15 is 0 Å². The van der Waals surface area contributed by atoms with Gasteiger partial charge in [0, 0.05) is 38.6 Å². The predicted molar refractivity (Wildman–Crippen MR) is 82.8 cm³/mol. The molecule has 0 atom stereocenters. The first-order valence-corrected chi connectivity index (χ1v) is 8.76. The molecule has 7 nitrogen and oxygen atoms in total. The smallest absolute Gasteiger partial charge is 0.246 e. The van der Waals surface area contributed by atoms with E-state index < -0.39 is 15.8 Å². The number of nitrogens with one attached hydrogen (secondary N) is 1. The Kier molecular flexibility index (Phi) is 4.31. The van der Waals surface area contributed by atoms with Gasteiger partial charge in [-0.25, -0.2) is 17.8 Å². The number of rotatable bonds is 4. The molecule has 1 aliphatic rings. The van der Waals surface area contributed by atoms with Gasteiger partial charge < -0.3 is 5.32 Å². The van der Waals surface area contributed by atoms with E-state index in [1.54, 1.807) is 7.05 Å². The zero-order valence-electron chi connectivity index (χ0n) is 12.7. The lowest BCUT2D eigenvalue weighted by Crippen LogP contribution is -2.42. The van der Waals surface area contributed by atoms with Crippen LogP contribution in [0.3, 0.4) is 0 Å². The Balaban J connectivity index is 1.63. The van der Waals surface area contributed by atoms with E-state index in [1.165, 1.54) is 39.7 Å². The van der Waals surface area contributed by atoms with E-state index in [0.717, 1.165) is 0 Å². The average molecular weight is 339 g/mol. The molecule has 124 valence electrons. The highest BCUT2D eigenvalue weighted by Gasteiger charge is 2.30. The highest BCUT2D eigenvalue weighted by atomic mass is 32.2. The highest BCUT2D eigenvalue weighted by Crippen LogP contribution is 2.22. The third kappa shape index (κ3) is 3.35. The lowest BCUT2D eigenvalue weighted by Gasteiger charge is -2.31. The molecule has 2 aromatic rings. The minimum atomic E-state index is -3.51. The quantitative estimate of drug-likeness (QED) is 0.906. The summed E-state index contributed by atoms with van der Waals surface area (Å²) in [6, 6.07) is 2.88. The van der Waals surface area contributed by atoms with Crippen molar-refractivity contribution in [2.75, 3.05) is 18.4 Å². The van der Waals surface area contributed by atoms with Gasteiger partial charge in [0.25, 0.3) is 0 Å². The van der Waals surface area contributed by atoms with Crippen LogP contribution in [0.1, 0.15) is 12.8 Å². The molecule has 2 aromatic heterocycles. The molecule has 1 aliphatic heterocycles. The zero-order chi connectivity index (χ0) is 16.4. The Morgan fingerprint density at radius 2 is 2.09 bits per heavy atom. The third-order valence-electron chi connectivity index (χ3n) is 3.87. The maximum absolute atomic E-state index is 13.6. The summed E-state index contributed by atoms with van der Waals surface area (Å²) < 4.78 is 41.5. The summed E-state index contributed by atoms with van der Waals surface area (Å²) in [4.78, 5) is 4.16. The first-order chi connectivity index (χ1) is 11.0. The normalized spacial score (nSPS) is 17.3. The fraction of sp³-hybridized carbons (Fsp3) is 0.429. The Morgan fingerprint density at radius 3 is 2.70 bits per heavy atom. The Labute approximate surface area is 134 Å². The second-order valence-corrected chi connectivity index (χ2v) is 7.44. The summed E-state index contributed by atoms with van der Waals surface area (Å²) in [5.74, 6) is -0.195. The molecule has 0 amide bonds. The van der Waals surface area contributed by atoms with Gasteiger partial charge >= 0.3 is 0 Å². The van der Waals surface area contributed by atoms with Crippen molar-refractivity contribution in [3.8, 4) is 0 Å². The van der Waals surface area contributed by atoms with Crippen molar-refractivity contribution in [2.24, 2.45) is 7.05 Å². The Bertz CT molecular complexity index is 784. The first kappa shape index (κ1) is 15.9. The van der Waals surface area contributed by atoms with Crippen LogP contribution in [0.5, 0.6) is 0 Å². The lowest BCUT2D eigenvalue weighted by molar-refractivity contribution is 0.329. The number of hydrogen-bond acceptors (Lipinski definition) is 5. The van der Waals surface area contributed by atoms with Crippen molar-refractivity contribution in [3.05, 3.63) is 36.5 Å². The van der Waals surface area contributed by atoms with Crippen LogP contribution in [0.25, 0.3) is 0 Å². The largest absolute Gasteiger partial charge is 0.365 e. The number of hydrogen-bond donors (Lipinski definition) is 1. The number of anilines is 1. The second kappa shape index (κ2) is 6.25. The maximum Gasteiger partial charge on any atom is 0.246 e. The van der Waals surface area contributed by atoms with Crippen molar-refractivity contribution < 1.29 is 12.8 Å². The fourth-order valence-corrected chi connectivity index (χ4v) is 4.06. The summed E-state index contributed by atoms with van der Waals surface area (Å²) in [5, 5.41) is 6.95. The first-order valence-electron chi connectivity index (χ1n) is 7.32. The van der Waals surface area contributed by atoms with Crippen molar-refractivity contribution in [3.63, 3.8) is 0 Å². The fourth-order valence-electron chi connectivity index (χ4n) is 2.61. The molecule has 3 heterocycles. The molecule has 0 radical (unpaired) electrons. The van der Waals surface area contributed by atoms with E-state index in [1.807, 2.05) is 0 Å². The molecule has 1 fully saturated rings. The van der Waals surface area contributed by atoms with Gasteiger partial charge in [0.15, 0.2) is 11.6 Å². The van der Waals surface area contributed by atoms with Crippen molar-refractivity contribution in [1.29, 1.82) is 0 Å². The molecule has 0 aromatic carbocycles. The molecule has 23 heavy (non-hydrogen) atoms. The standard InChI is InChI=1S/C14H18FN5O2S/c1-19-10-12(9-17-19)23(21,22)20-7-4-11(5-8-20)18-14-13(15)3-2-6-16-14/h2-3,6,9-11H,4-5,7-8H2,1H3,(H,16,18). The van der Waals surface area contributed by atoms with Crippen LogP contribution in [0.4, 0.5) is 10.2 Å². The number of piperidine rings is 1. The van der Waals surface area contributed by atoms with Crippen LogP contribution in [0, 0.1) is 5.82 Å². The average Bonchev–Trinajstić information content (AvgIpc) is 2.98. The molecule has 0 saturated carbocycles. The SMILES string of the molecule is Cn1cc(S(=O)(=O)N2CCC(Nc3ncccc3F)CC2)cn1. The third-order valence-corrected chi connectivity index (χ3v) is 5.72. The molecular weight excluding hydrogens is 321 g/mol. The molecule has 0 spiro atoms. The molecule has 3 rings (SSSR count). The molecule has 0 bridgehead atoms. The van der Waals surface area contributed by atoms with Crippen LogP contribution in [0.15, 0.2) is 35.6 Å². The summed E-state index contributed by atoms with van der Waals surface area (Å²) in [7, 11) is -1.84. The van der Waals surface area contributed by atoms with E-state index in [2.05, 4.69) is 15.4 Å². The van der Waals surface area contributed by atoms with Gasteiger partial charge in [0.2, 0.25) is 10.0 Å². The number of aromatic nitrogens is 3. The summed E-state index contributed by atoms with van der Waals surface area (Å²) >= 11 is 0. The topological polar surface area (TPSA) is 80.1 Å². The monoisotopic (exact) mass is 339 g/mol. The number of pyridine rings is 1. The van der Waals surface area contributed by atoms with Crippen molar-refractivity contribution >= 4 is 15.8 Å². The minimum Gasteiger partial charge on any atom is -0.365 e. The zero-order valence-corrected chi connectivity index (χ0v) is 13.5. The number of halogens is 1. The molecular formula is C14H18FN5O2S. The summed E-state index contributed by atoms with van der Waals surface area (Å²) in [6.07, 6.45) is 5.55. The molecule has 1 N–H and O–H groups in total.